The summed E-state index contributed by atoms with van der Waals surface area (Å²) in [5.74, 6) is 0.932. The van der Waals surface area contributed by atoms with Crippen LogP contribution >= 0.6 is 0 Å². The molecule has 0 bridgehead atoms. The van der Waals surface area contributed by atoms with Crippen LogP contribution in [-0.2, 0) is 6.54 Å². The summed E-state index contributed by atoms with van der Waals surface area (Å²) in [5.41, 5.74) is 4.05. The number of benzene rings is 2. The topological polar surface area (TPSA) is 104 Å². The van der Waals surface area contributed by atoms with E-state index in [1.165, 1.54) is 12.3 Å². The zero-order valence-electron chi connectivity index (χ0n) is 19.7. The van der Waals surface area contributed by atoms with Gasteiger partial charge >= 0.3 is 0 Å². The largest absolute Gasteiger partial charge is 0.490 e. The van der Waals surface area contributed by atoms with Crippen LogP contribution in [0.25, 0.3) is 21.8 Å². The molecule has 0 fully saturated rings. The van der Waals surface area contributed by atoms with E-state index in [-0.39, 0.29) is 10.9 Å². The predicted octanol–water partition coefficient (Wildman–Crippen LogP) is 3.30. The van der Waals surface area contributed by atoms with E-state index in [1.54, 1.807) is 53.2 Å². The molecule has 2 aromatic carbocycles. The third-order valence-corrected chi connectivity index (χ3v) is 6.24. The number of hydrogen-bond acceptors (Lipinski definition) is 6. The van der Waals surface area contributed by atoms with Gasteiger partial charge in [-0.05, 0) is 48.0 Å². The molecule has 0 unspecified atom stereocenters. The normalized spacial score (nSPS) is 12.9. The molecule has 0 saturated heterocycles. The van der Waals surface area contributed by atoms with Crippen molar-refractivity contribution in [1.29, 1.82) is 0 Å². The van der Waals surface area contributed by atoms with E-state index in [0.717, 1.165) is 16.7 Å². The number of amides is 1. The molecule has 4 heterocycles. The van der Waals surface area contributed by atoms with Gasteiger partial charge in [0.2, 0.25) is 0 Å². The van der Waals surface area contributed by atoms with E-state index in [2.05, 4.69) is 10.4 Å². The fourth-order valence-corrected chi connectivity index (χ4v) is 4.34. The third kappa shape index (κ3) is 4.31. The van der Waals surface area contributed by atoms with Gasteiger partial charge in [0, 0.05) is 24.4 Å². The summed E-state index contributed by atoms with van der Waals surface area (Å²) in [5, 5.41) is 0.544. The van der Waals surface area contributed by atoms with Crippen LogP contribution in [-0.4, -0.2) is 33.3 Å². The van der Waals surface area contributed by atoms with Gasteiger partial charge in [-0.25, -0.2) is 9.66 Å². The molecule has 0 atom stereocenters. The molecule has 37 heavy (non-hydrogen) atoms. The predicted molar refractivity (Wildman–Crippen MR) is 139 cm³/mol. The minimum atomic E-state index is -0.478. The second-order valence-electron chi connectivity index (χ2n) is 8.73. The summed E-state index contributed by atoms with van der Waals surface area (Å²) in [6.45, 7) is 1.50. The molecular formula is C28H22N4O5. The van der Waals surface area contributed by atoms with Gasteiger partial charge in [0.15, 0.2) is 11.5 Å². The van der Waals surface area contributed by atoms with Crippen LogP contribution in [0.2, 0.25) is 0 Å². The number of fused-ring (bicyclic) bond motifs is 3. The van der Waals surface area contributed by atoms with Crippen molar-refractivity contribution in [2.45, 2.75) is 13.0 Å². The van der Waals surface area contributed by atoms with Crippen molar-refractivity contribution in [3.63, 3.8) is 0 Å². The Hall–Kier alpha value is -4.92. The first-order valence-corrected chi connectivity index (χ1v) is 11.9. The Balaban J connectivity index is 1.36. The van der Waals surface area contributed by atoms with Crippen LogP contribution in [0.3, 0.4) is 0 Å². The van der Waals surface area contributed by atoms with Gasteiger partial charge < -0.3 is 14.0 Å². The van der Waals surface area contributed by atoms with Crippen LogP contribution in [0, 0.1) is 0 Å². The second kappa shape index (κ2) is 9.27. The van der Waals surface area contributed by atoms with E-state index in [0.29, 0.717) is 53.2 Å². The Bertz CT molecular complexity index is 1780. The summed E-state index contributed by atoms with van der Waals surface area (Å²) >= 11 is 0. The first-order valence-electron chi connectivity index (χ1n) is 11.9. The summed E-state index contributed by atoms with van der Waals surface area (Å²) < 4.78 is 14.1. The van der Waals surface area contributed by atoms with Gasteiger partial charge in [-0.3, -0.25) is 19.8 Å². The minimum Gasteiger partial charge on any atom is -0.490 e. The van der Waals surface area contributed by atoms with Gasteiger partial charge in [0.1, 0.15) is 0 Å². The van der Waals surface area contributed by atoms with Gasteiger partial charge in [-0.2, -0.15) is 0 Å². The number of ether oxygens (including phenoxy) is 2. The summed E-state index contributed by atoms with van der Waals surface area (Å²) in [6, 6.07) is 19.1. The second-order valence-corrected chi connectivity index (χ2v) is 8.73. The Morgan fingerprint density at radius 3 is 2.38 bits per heavy atom. The van der Waals surface area contributed by atoms with E-state index < -0.39 is 11.5 Å². The lowest BCUT2D eigenvalue weighted by atomic mass is 10.1. The summed E-state index contributed by atoms with van der Waals surface area (Å²) in [6.07, 6.45) is 3.95. The number of pyridine rings is 3. The average Bonchev–Trinajstić information content (AvgIpc) is 3.17. The van der Waals surface area contributed by atoms with Crippen molar-refractivity contribution >= 4 is 27.7 Å². The van der Waals surface area contributed by atoms with Crippen molar-refractivity contribution in [3.05, 3.63) is 111 Å². The lowest BCUT2D eigenvalue weighted by Gasteiger charge is -2.12. The molecule has 0 saturated carbocycles. The van der Waals surface area contributed by atoms with Crippen molar-refractivity contribution in [2.75, 3.05) is 18.6 Å². The lowest BCUT2D eigenvalue weighted by molar-refractivity contribution is 0.101. The Kier molecular flexibility index (Phi) is 5.65. The van der Waals surface area contributed by atoms with Crippen LogP contribution in [0.15, 0.2) is 88.7 Å². The van der Waals surface area contributed by atoms with Crippen molar-refractivity contribution in [1.82, 2.24) is 14.2 Å². The monoisotopic (exact) mass is 494 g/mol. The molecule has 3 aromatic heterocycles. The molecule has 1 aliphatic rings. The molecule has 9 nitrogen and oxygen atoms in total. The van der Waals surface area contributed by atoms with Crippen LogP contribution in [0.1, 0.15) is 22.3 Å². The fourth-order valence-electron chi connectivity index (χ4n) is 4.34. The van der Waals surface area contributed by atoms with Gasteiger partial charge in [-0.1, -0.05) is 24.3 Å². The highest BCUT2D eigenvalue weighted by atomic mass is 16.5. The number of carbonyl (C=O) groups is 1. The highest BCUT2D eigenvalue weighted by molar-refractivity contribution is 6.00. The van der Waals surface area contributed by atoms with Gasteiger partial charge in [0.05, 0.1) is 41.6 Å². The van der Waals surface area contributed by atoms with Crippen LogP contribution < -0.4 is 26.0 Å². The first-order chi connectivity index (χ1) is 18.1. The quantitative estimate of drug-likeness (QED) is 0.385. The van der Waals surface area contributed by atoms with Crippen LogP contribution in [0.4, 0.5) is 0 Å². The average molecular weight is 495 g/mol. The van der Waals surface area contributed by atoms with Crippen molar-refractivity contribution in [3.8, 4) is 11.5 Å². The van der Waals surface area contributed by atoms with E-state index in [1.807, 2.05) is 18.2 Å². The van der Waals surface area contributed by atoms with E-state index in [4.69, 9.17) is 9.47 Å². The minimum absolute atomic E-state index is 0.230. The van der Waals surface area contributed by atoms with E-state index >= 15 is 0 Å². The van der Waals surface area contributed by atoms with Gasteiger partial charge in [0.25, 0.3) is 17.0 Å². The molecule has 184 valence electrons. The maximum atomic E-state index is 13.4. The molecule has 0 spiro atoms. The molecule has 6 rings (SSSR count). The van der Waals surface area contributed by atoms with Crippen molar-refractivity contribution < 1.29 is 14.3 Å². The molecule has 0 aliphatic carbocycles. The molecular weight excluding hydrogens is 472 g/mol. The number of aromatic nitrogens is 3. The zero-order valence-corrected chi connectivity index (χ0v) is 19.7. The first kappa shape index (κ1) is 22.5. The third-order valence-electron chi connectivity index (χ3n) is 6.24. The molecule has 1 amide bonds. The zero-order chi connectivity index (χ0) is 25.4. The standard InChI is InChI=1S/C28H22N4O5/c33-26(19-5-2-1-3-6-19)30-32-12-10-23-21(28(32)35)16-20-22(29-23)9-11-31(27(20)34)17-18-7-8-24-25(15-18)37-14-4-13-36-24/h1-3,5-12,15-16H,4,13-14,17H2,(H,30,33). The smallest absolute Gasteiger partial charge is 0.278 e. The lowest BCUT2D eigenvalue weighted by Crippen LogP contribution is -2.32. The highest BCUT2D eigenvalue weighted by Gasteiger charge is 2.14. The van der Waals surface area contributed by atoms with Crippen molar-refractivity contribution in [2.24, 2.45) is 0 Å². The summed E-state index contributed by atoms with van der Waals surface area (Å²) in [4.78, 5) is 43.6. The maximum Gasteiger partial charge on any atom is 0.278 e. The SMILES string of the molecule is O=C(Nn1ccc2nc3ccn(Cc4ccc5c(c4)OCCCO5)c(=O)c3cc2c1=O)c1ccccc1. The summed E-state index contributed by atoms with van der Waals surface area (Å²) in [7, 11) is 0. The number of hydrogen-bond donors (Lipinski definition) is 1. The Labute approximate surface area is 210 Å². The van der Waals surface area contributed by atoms with Gasteiger partial charge in [-0.15, -0.1) is 0 Å². The maximum absolute atomic E-state index is 13.4. The molecule has 5 aromatic rings. The molecule has 1 aliphatic heterocycles. The molecule has 0 radical (unpaired) electrons. The Morgan fingerprint density at radius 1 is 0.838 bits per heavy atom. The van der Waals surface area contributed by atoms with Crippen LogP contribution in [0.5, 0.6) is 11.5 Å². The highest BCUT2D eigenvalue weighted by Crippen LogP contribution is 2.30. The number of rotatable bonds is 4. The number of nitrogens with one attached hydrogen (secondary N) is 1. The fraction of sp³-hybridized carbons (Fsp3) is 0.143. The molecule has 1 N–H and O–H groups in total. The van der Waals surface area contributed by atoms with E-state index in [9.17, 15) is 14.4 Å². The molecule has 9 heteroatoms. The number of carbonyl (C=O) groups excluding carboxylic acids is 1. The Morgan fingerprint density at radius 2 is 1.57 bits per heavy atom. The number of nitrogens with zero attached hydrogens (tertiary/aromatic N) is 3.